The van der Waals surface area contributed by atoms with Gasteiger partial charge >= 0.3 is 0 Å². The van der Waals surface area contributed by atoms with E-state index in [-0.39, 0.29) is 27.8 Å². The zero-order chi connectivity index (χ0) is 20.3. The molecule has 1 aromatic rings. The van der Waals surface area contributed by atoms with Gasteiger partial charge in [-0.25, -0.2) is 0 Å². The Morgan fingerprint density at radius 1 is 1.32 bits per heavy atom. The number of hydrogen-bond acceptors (Lipinski definition) is 7. The number of benzene rings is 1. The third-order valence-electron chi connectivity index (χ3n) is 5.29. The van der Waals surface area contributed by atoms with Crippen LogP contribution in [0.5, 0.6) is 0 Å². The van der Waals surface area contributed by atoms with Crippen molar-refractivity contribution in [2.75, 3.05) is 13.1 Å². The minimum absolute atomic E-state index is 0.0226. The highest BCUT2D eigenvalue weighted by Gasteiger charge is 2.39. The predicted molar refractivity (Wildman–Crippen MR) is 110 cm³/mol. The number of para-hydroxylation sites is 1. The van der Waals surface area contributed by atoms with Gasteiger partial charge in [0, 0.05) is 30.4 Å². The van der Waals surface area contributed by atoms with Gasteiger partial charge in [0.15, 0.2) is 6.29 Å². The van der Waals surface area contributed by atoms with Gasteiger partial charge in [-0.3, -0.25) is 19.7 Å². The van der Waals surface area contributed by atoms with Gasteiger partial charge in [0.2, 0.25) is 5.78 Å². The minimum atomic E-state index is -0.560. The number of carbonyl (C=O) groups excluding carboxylic acids is 2. The van der Waals surface area contributed by atoms with E-state index in [1.165, 1.54) is 6.07 Å². The number of thioether (sulfide) groups is 1. The van der Waals surface area contributed by atoms with Crippen LogP contribution in [0.4, 0.5) is 5.69 Å². The molecule has 2 heterocycles. The van der Waals surface area contributed by atoms with Crippen molar-refractivity contribution in [2.24, 2.45) is 5.92 Å². The Kier molecular flexibility index (Phi) is 6.43. The van der Waals surface area contributed by atoms with Crippen molar-refractivity contribution in [2.45, 2.75) is 31.2 Å². The first kappa shape index (κ1) is 20.4. The third kappa shape index (κ3) is 4.09. The number of ketones is 1. The Balaban J connectivity index is 1.92. The van der Waals surface area contributed by atoms with Crippen molar-refractivity contribution in [3.05, 3.63) is 56.5 Å². The van der Waals surface area contributed by atoms with Crippen molar-refractivity contribution in [3.8, 4) is 0 Å². The molecule has 2 aliphatic rings. The van der Waals surface area contributed by atoms with E-state index in [1.807, 2.05) is 19.9 Å². The van der Waals surface area contributed by atoms with Crippen LogP contribution in [0, 0.1) is 16.0 Å². The molecule has 1 aromatic carbocycles. The van der Waals surface area contributed by atoms with Gasteiger partial charge in [0.05, 0.1) is 16.5 Å². The maximum Gasteiger partial charge on any atom is 0.276 e. The highest BCUT2D eigenvalue weighted by Crippen LogP contribution is 2.42. The van der Waals surface area contributed by atoms with Gasteiger partial charge in [0.1, 0.15) is 0 Å². The lowest BCUT2D eigenvalue weighted by Gasteiger charge is -2.38. The predicted octanol–water partition coefficient (Wildman–Crippen LogP) is 2.33. The molecule has 4 unspecified atom stereocenters. The largest absolute Gasteiger partial charge is 0.310 e. The number of allylic oxidation sites excluding steroid dienone is 1. The highest BCUT2D eigenvalue weighted by atomic mass is 32.2. The van der Waals surface area contributed by atoms with Gasteiger partial charge in [-0.1, -0.05) is 19.1 Å². The van der Waals surface area contributed by atoms with Crippen molar-refractivity contribution in [1.29, 1.82) is 0 Å². The molecule has 4 atom stereocenters. The van der Waals surface area contributed by atoms with E-state index in [2.05, 4.69) is 16.0 Å². The van der Waals surface area contributed by atoms with Crippen LogP contribution >= 0.6 is 11.8 Å². The highest BCUT2D eigenvalue weighted by molar-refractivity contribution is 8.03. The van der Waals surface area contributed by atoms with E-state index >= 15 is 0 Å². The maximum atomic E-state index is 12.1. The van der Waals surface area contributed by atoms with Gasteiger partial charge in [-0.15, -0.1) is 11.8 Å². The van der Waals surface area contributed by atoms with Crippen LogP contribution in [0.1, 0.15) is 19.4 Å². The first-order valence-corrected chi connectivity index (χ1v) is 10.1. The van der Waals surface area contributed by atoms with E-state index < -0.39 is 11.8 Å². The minimum Gasteiger partial charge on any atom is -0.310 e. The van der Waals surface area contributed by atoms with Gasteiger partial charge in [-0.2, -0.15) is 0 Å². The molecule has 1 saturated heterocycles. The number of carbonyl (C=O) groups is 2. The Bertz CT molecular complexity index is 852. The first-order valence-electron chi connectivity index (χ1n) is 9.17. The van der Waals surface area contributed by atoms with Crippen LogP contribution in [0.2, 0.25) is 0 Å². The zero-order valence-corrected chi connectivity index (χ0v) is 16.6. The van der Waals surface area contributed by atoms with Gasteiger partial charge < -0.3 is 10.6 Å². The lowest BCUT2D eigenvalue weighted by atomic mass is 9.84. The molecule has 7 nitrogen and oxygen atoms in total. The smallest absolute Gasteiger partial charge is 0.276 e. The number of aldehydes is 1. The average Bonchev–Trinajstić information content (AvgIpc) is 3.07. The van der Waals surface area contributed by atoms with Crippen LogP contribution in [-0.2, 0) is 9.59 Å². The molecule has 2 N–H and O–H groups in total. The van der Waals surface area contributed by atoms with E-state index in [0.717, 1.165) is 11.1 Å². The molecule has 2 aliphatic heterocycles. The summed E-state index contributed by atoms with van der Waals surface area (Å²) in [7, 11) is 0. The van der Waals surface area contributed by atoms with E-state index in [1.54, 1.807) is 30.0 Å². The number of Topliss-reactive ketones (excluding diaryl/α,β-unsaturated/α-hetero) is 1. The van der Waals surface area contributed by atoms with Gasteiger partial charge in [0.25, 0.3) is 5.69 Å². The fourth-order valence-corrected chi connectivity index (χ4v) is 5.13. The second kappa shape index (κ2) is 8.81. The Morgan fingerprint density at radius 2 is 2.04 bits per heavy atom. The summed E-state index contributed by atoms with van der Waals surface area (Å²) < 4.78 is 0. The van der Waals surface area contributed by atoms with Crippen LogP contribution < -0.4 is 10.6 Å². The van der Waals surface area contributed by atoms with Crippen molar-refractivity contribution in [3.63, 3.8) is 0 Å². The summed E-state index contributed by atoms with van der Waals surface area (Å²) in [6.07, 6.45) is 2.25. The summed E-state index contributed by atoms with van der Waals surface area (Å²) in [5.41, 5.74) is 2.70. The molecule has 28 heavy (non-hydrogen) atoms. The lowest BCUT2D eigenvalue weighted by molar-refractivity contribution is -0.385. The summed E-state index contributed by atoms with van der Waals surface area (Å²) in [6, 6.07) is 5.91. The molecule has 0 aliphatic carbocycles. The Morgan fingerprint density at radius 3 is 2.75 bits per heavy atom. The molecule has 3 rings (SSSR count). The molecule has 0 radical (unpaired) electrons. The average molecular weight is 401 g/mol. The first-order chi connectivity index (χ1) is 13.4. The fraction of sp³-hybridized carbons (Fsp3) is 0.400. The number of hydrogen-bond donors (Lipinski definition) is 2. The van der Waals surface area contributed by atoms with E-state index in [0.29, 0.717) is 24.9 Å². The molecule has 148 valence electrons. The molecule has 0 amide bonds. The topological polar surface area (TPSA) is 101 Å². The summed E-state index contributed by atoms with van der Waals surface area (Å²) in [5.74, 6) is -0.435. The maximum absolute atomic E-state index is 12.1. The lowest BCUT2D eigenvalue weighted by Crippen LogP contribution is -2.63. The summed E-state index contributed by atoms with van der Waals surface area (Å²) in [6.45, 7) is 5.38. The molecule has 8 heteroatoms. The second-order valence-corrected chi connectivity index (χ2v) is 8.08. The zero-order valence-electron chi connectivity index (χ0n) is 15.8. The third-order valence-corrected chi connectivity index (χ3v) is 6.76. The van der Waals surface area contributed by atoms with Crippen molar-refractivity contribution >= 4 is 35.6 Å². The van der Waals surface area contributed by atoms with E-state index in [9.17, 15) is 19.7 Å². The number of rotatable bonds is 6. The Labute approximate surface area is 167 Å². The Hall–Kier alpha value is -2.29. The van der Waals surface area contributed by atoms with Crippen LogP contribution in [-0.4, -0.2) is 47.4 Å². The summed E-state index contributed by atoms with van der Waals surface area (Å²) in [4.78, 5) is 34.1. The van der Waals surface area contributed by atoms with Crippen LogP contribution in [0.3, 0.4) is 0 Å². The number of nitrogens with zero attached hydrogens (tertiary/aromatic N) is 1. The molecule has 0 spiro atoms. The summed E-state index contributed by atoms with van der Waals surface area (Å²) in [5, 5.41) is 20.0. The number of nitro benzene ring substituents is 1. The molecule has 1 fully saturated rings. The monoisotopic (exact) mass is 401 g/mol. The quantitative estimate of drug-likeness (QED) is 0.326. The van der Waals surface area contributed by atoms with Crippen LogP contribution in [0.25, 0.3) is 6.08 Å². The second-order valence-electron chi connectivity index (χ2n) is 7.06. The normalized spacial score (nSPS) is 27.3. The number of piperazine rings is 1. The summed E-state index contributed by atoms with van der Waals surface area (Å²) >= 11 is 1.65. The molecule has 0 saturated carbocycles. The number of nitro groups is 1. The van der Waals surface area contributed by atoms with Gasteiger partial charge in [-0.05, 0) is 41.5 Å². The van der Waals surface area contributed by atoms with Crippen LogP contribution in [0.15, 0.2) is 40.8 Å². The van der Waals surface area contributed by atoms with E-state index in [4.69, 9.17) is 0 Å². The fourth-order valence-electron chi connectivity index (χ4n) is 3.83. The number of nitrogens with one attached hydrogen (secondary N) is 2. The molecule has 0 aromatic heterocycles. The van der Waals surface area contributed by atoms with Crippen molar-refractivity contribution < 1.29 is 14.5 Å². The molecule has 0 bridgehead atoms. The standard InChI is InChI=1S/C20H23N3O4S/c1-12-11-28-20(13(2)18-19(17(25)10-24)22-8-7-21-18)15(12)9-14-5-3-4-6-16(14)23(26)27/h3-6,9-11,13,18-22H,7-8H2,1-2H3. The van der Waals surface area contributed by atoms with Crippen molar-refractivity contribution in [1.82, 2.24) is 10.6 Å². The SMILES string of the molecule is CC1=CSC(C(C)C2NCCNC2C(=O)C=O)C1=Cc1ccccc1[N+](=O)[O-]. The molecular weight excluding hydrogens is 378 g/mol. The molecular formula is C20H23N3O4S.